The average molecular weight is 1120 g/mol. The van der Waals surface area contributed by atoms with Crippen LogP contribution >= 0.6 is 57.1 Å². The third-order valence-corrected chi connectivity index (χ3v) is 20.2. The maximum Gasteiger partial charge on any atom is 0.114 e. The molecule has 12 aromatic rings. The highest BCUT2D eigenvalue weighted by Gasteiger charge is 2.22. The summed E-state index contributed by atoms with van der Waals surface area (Å²) in [4.78, 5) is 9.90. The summed E-state index contributed by atoms with van der Waals surface area (Å²) in [5.41, 5.74) is 16.6. The molecule has 0 fully saturated rings. The third kappa shape index (κ3) is 11.6. The number of hydrogen-bond acceptors (Lipinski definition) is 9. The van der Waals surface area contributed by atoms with Crippen molar-refractivity contribution in [3.8, 4) is 20.9 Å². The summed E-state index contributed by atoms with van der Waals surface area (Å²) in [6.45, 7) is 4.59. The van der Waals surface area contributed by atoms with Crippen molar-refractivity contribution in [1.82, 2.24) is 8.75 Å². The van der Waals surface area contributed by atoms with Crippen LogP contribution in [0.3, 0.4) is 0 Å². The topological polar surface area (TPSA) is 32.3 Å². The van der Waals surface area contributed by atoms with Gasteiger partial charge in [-0.05, 0) is 145 Å². The quantitative estimate of drug-likeness (QED) is 0.0633. The SMILES string of the molecule is CCCCCCc1c(/C=C/c2ccc(N(c3ccccc3)c3ccccc3)cc2)sc2cc(-c3ccc(-c4cc5sc(/C=C/c6ccc(N(c7ccccc7)c7ccccc7)cc6)c(CCCCCC)c5s4)c4nsnc34)sc12. The van der Waals surface area contributed by atoms with Gasteiger partial charge in [-0.1, -0.05) is 174 Å². The van der Waals surface area contributed by atoms with Gasteiger partial charge in [0.15, 0.2) is 0 Å². The van der Waals surface area contributed by atoms with Crippen LogP contribution in [0.25, 0.3) is 75.0 Å². The molecule has 7 aromatic carbocycles. The Bertz CT molecular complexity index is 3640. The van der Waals surface area contributed by atoms with E-state index in [0.717, 1.165) is 58.0 Å². The van der Waals surface area contributed by atoms with Crippen LogP contribution in [0.5, 0.6) is 0 Å². The lowest BCUT2D eigenvalue weighted by Gasteiger charge is -2.25. The molecule has 0 saturated heterocycles. The molecule has 0 unspecified atom stereocenters. The Labute approximate surface area is 485 Å². The first-order valence-electron chi connectivity index (χ1n) is 27.8. The fourth-order valence-electron chi connectivity index (χ4n) is 10.6. The standard InChI is InChI=1S/C70H62N4S5/c1-3-5-7-21-31-59-61(45-37-49-33-39-55(40-34-49)73(51-23-13-9-14-24-51)52-25-15-10-16-26-52)75-65-47-63(77-69(59)65)57-43-44-58(68-67(57)71-79-72-68)64-48-66-70(78-64)60(32-22-8-6-4-2)62(76-66)46-38-50-35-41-56(42-36-50)74(53-27-17-11-18-28-53)54-29-19-12-20-30-54/h9-20,23-30,33-48H,3-8,21-22,31-32H2,1-2H3/b45-37+,46-38+. The summed E-state index contributed by atoms with van der Waals surface area (Å²) < 4.78 is 15.6. The van der Waals surface area contributed by atoms with Crippen LogP contribution in [0.1, 0.15) is 97.2 Å². The Morgan fingerprint density at radius 2 is 0.722 bits per heavy atom. The smallest absolute Gasteiger partial charge is 0.114 e. The molecule has 0 saturated carbocycles. The minimum Gasteiger partial charge on any atom is -0.311 e. The van der Waals surface area contributed by atoms with E-state index >= 15 is 0 Å². The number of anilines is 6. The highest BCUT2D eigenvalue weighted by atomic mass is 32.1. The van der Waals surface area contributed by atoms with Crippen LogP contribution in [0.15, 0.2) is 194 Å². The molecule has 5 aromatic heterocycles. The van der Waals surface area contributed by atoms with E-state index in [0.29, 0.717) is 0 Å². The highest BCUT2D eigenvalue weighted by Crippen LogP contribution is 2.48. The maximum absolute atomic E-state index is 5.01. The van der Waals surface area contributed by atoms with Crippen molar-refractivity contribution in [2.24, 2.45) is 0 Å². The van der Waals surface area contributed by atoms with E-state index < -0.39 is 0 Å². The van der Waals surface area contributed by atoms with Crippen LogP contribution in [0.2, 0.25) is 0 Å². The fraction of sp³-hybridized carbons (Fsp3) is 0.171. The zero-order valence-corrected chi connectivity index (χ0v) is 48.8. The van der Waals surface area contributed by atoms with E-state index in [4.69, 9.17) is 8.75 Å². The summed E-state index contributed by atoms with van der Waals surface area (Å²) in [5, 5.41) is 0. The molecule has 0 bridgehead atoms. The minimum absolute atomic E-state index is 1.00. The lowest BCUT2D eigenvalue weighted by Crippen LogP contribution is -2.09. The summed E-state index contributed by atoms with van der Waals surface area (Å²) in [5.74, 6) is 0. The van der Waals surface area contributed by atoms with Crippen LogP contribution in [-0.2, 0) is 12.8 Å². The number of fused-ring (bicyclic) bond motifs is 3. The number of nitrogens with zero attached hydrogens (tertiary/aromatic N) is 4. The van der Waals surface area contributed by atoms with Gasteiger partial charge in [0.05, 0.1) is 11.7 Å². The lowest BCUT2D eigenvalue weighted by molar-refractivity contribution is 0.669. The van der Waals surface area contributed by atoms with Gasteiger partial charge in [0.1, 0.15) is 11.0 Å². The van der Waals surface area contributed by atoms with Crippen molar-refractivity contribution in [3.63, 3.8) is 0 Å². The van der Waals surface area contributed by atoms with Gasteiger partial charge in [0.25, 0.3) is 0 Å². The number of aromatic nitrogens is 2. The zero-order chi connectivity index (χ0) is 53.3. The Morgan fingerprint density at radius 1 is 0.367 bits per heavy atom. The molecule has 0 N–H and O–H groups in total. The number of para-hydroxylation sites is 4. The van der Waals surface area contributed by atoms with E-state index in [1.165, 1.54) is 135 Å². The van der Waals surface area contributed by atoms with Gasteiger partial charge < -0.3 is 9.80 Å². The molecule has 0 aliphatic heterocycles. The molecule has 392 valence electrons. The predicted molar refractivity (Wildman–Crippen MR) is 351 cm³/mol. The van der Waals surface area contributed by atoms with Crippen LogP contribution < -0.4 is 9.80 Å². The molecule has 0 spiro atoms. The van der Waals surface area contributed by atoms with Crippen molar-refractivity contribution >= 4 is 145 Å². The number of thiophene rings is 4. The maximum atomic E-state index is 5.01. The number of hydrogen-bond donors (Lipinski definition) is 0. The normalized spacial score (nSPS) is 11.8. The first kappa shape index (κ1) is 52.5. The summed E-state index contributed by atoms with van der Waals surface area (Å²) >= 11 is 9.04. The van der Waals surface area contributed by atoms with Gasteiger partial charge in [-0.3, -0.25) is 0 Å². The number of benzene rings is 7. The largest absolute Gasteiger partial charge is 0.311 e. The molecule has 12 rings (SSSR count). The molecule has 0 radical (unpaired) electrons. The molecule has 4 nitrogen and oxygen atoms in total. The molecule has 9 heteroatoms. The summed E-state index contributed by atoms with van der Waals surface area (Å²) in [7, 11) is 0. The Hall–Kier alpha value is -7.24. The first-order valence-corrected chi connectivity index (χ1v) is 31.8. The molecular weight excluding hydrogens is 1060 g/mol. The Morgan fingerprint density at radius 3 is 1.08 bits per heavy atom. The second-order valence-electron chi connectivity index (χ2n) is 20.1. The number of aryl methyl sites for hydroxylation is 2. The first-order chi connectivity index (χ1) is 39.1. The average Bonchev–Trinajstić information content (AvgIpc) is 4.52. The molecule has 0 amide bonds. The van der Waals surface area contributed by atoms with Gasteiger partial charge in [-0.2, -0.15) is 8.75 Å². The van der Waals surface area contributed by atoms with Crippen LogP contribution in [0, 0.1) is 0 Å². The molecule has 0 aliphatic carbocycles. The van der Waals surface area contributed by atoms with Gasteiger partial charge >= 0.3 is 0 Å². The molecular formula is C70H62N4S5. The van der Waals surface area contributed by atoms with Gasteiger partial charge in [0.2, 0.25) is 0 Å². The number of unbranched alkanes of at least 4 members (excludes halogenated alkanes) is 6. The number of rotatable bonds is 22. The van der Waals surface area contributed by atoms with Gasteiger partial charge in [0, 0.05) is 83.6 Å². The molecule has 0 atom stereocenters. The van der Waals surface area contributed by atoms with E-state index in [2.05, 4.69) is 242 Å². The molecule has 0 aliphatic rings. The Kier molecular flexibility index (Phi) is 16.5. The van der Waals surface area contributed by atoms with E-state index in [1.807, 2.05) is 45.3 Å². The lowest BCUT2D eigenvalue weighted by atomic mass is 10.0. The van der Waals surface area contributed by atoms with Crippen molar-refractivity contribution in [2.45, 2.75) is 78.1 Å². The zero-order valence-electron chi connectivity index (χ0n) is 44.7. The minimum atomic E-state index is 1.00. The fourth-order valence-corrected chi connectivity index (χ4v) is 16.5. The molecule has 79 heavy (non-hydrogen) atoms. The Balaban J connectivity index is 0.810. The second kappa shape index (κ2) is 24.8. The third-order valence-electron chi connectivity index (χ3n) is 14.7. The van der Waals surface area contributed by atoms with Crippen molar-refractivity contribution in [3.05, 3.63) is 226 Å². The second-order valence-corrected chi connectivity index (χ2v) is 24.9. The summed E-state index contributed by atoms with van der Waals surface area (Å²) in [6, 6.07) is 69.8. The van der Waals surface area contributed by atoms with E-state index in [9.17, 15) is 0 Å². The highest BCUT2D eigenvalue weighted by molar-refractivity contribution is 7.31. The van der Waals surface area contributed by atoms with Gasteiger partial charge in [-0.25, -0.2) is 0 Å². The van der Waals surface area contributed by atoms with Gasteiger partial charge in [-0.15, -0.1) is 45.3 Å². The van der Waals surface area contributed by atoms with E-state index in [1.54, 1.807) is 0 Å². The van der Waals surface area contributed by atoms with E-state index in [-0.39, 0.29) is 0 Å². The summed E-state index contributed by atoms with van der Waals surface area (Å²) in [6.07, 6.45) is 21.4. The van der Waals surface area contributed by atoms with Crippen LogP contribution in [-0.4, -0.2) is 8.75 Å². The van der Waals surface area contributed by atoms with Crippen LogP contribution in [0.4, 0.5) is 34.1 Å². The monoisotopic (exact) mass is 1120 g/mol. The molecule has 5 heterocycles. The van der Waals surface area contributed by atoms with Crippen molar-refractivity contribution < 1.29 is 0 Å². The predicted octanol–water partition coefficient (Wildman–Crippen LogP) is 23.1. The van der Waals surface area contributed by atoms with Crippen molar-refractivity contribution in [1.29, 1.82) is 0 Å². The van der Waals surface area contributed by atoms with Crippen molar-refractivity contribution in [2.75, 3.05) is 9.80 Å².